The van der Waals surface area contributed by atoms with Gasteiger partial charge in [-0.2, -0.15) is 7.82 Å². The Kier molecular flexibility index (Phi) is 13.2. The van der Waals surface area contributed by atoms with Crippen LogP contribution >= 0.6 is 16.1 Å². The van der Waals surface area contributed by atoms with Crippen LogP contribution < -0.4 is 14.7 Å². The summed E-state index contributed by atoms with van der Waals surface area (Å²) in [5.41, 5.74) is 0. The van der Waals surface area contributed by atoms with Gasteiger partial charge in [0.2, 0.25) is 0 Å². The number of hydrogen-bond acceptors (Lipinski definition) is 5. The molecule has 0 spiro atoms. The standard InChI is InChI=1S/Al.H3O4P.HO3P/c;1-5(2,3)4;1-4(2)3/h;(H3,1,2,3,4);(H-,1,2,3)/q+3;;/p-2. The van der Waals surface area contributed by atoms with Gasteiger partial charge in [-0.3, -0.25) is 0 Å². The van der Waals surface area contributed by atoms with Crippen LogP contribution in [0.3, 0.4) is 0 Å². The molecule has 0 aliphatic heterocycles. The van der Waals surface area contributed by atoms with Crippen molar-refractivity contribution in [3.05, 3.63) is 0 Å². The molecular formula is H2AlO7P2+. The number of rotatable bonds is 0. The first kappa shape index (κ1) is 17.0. The van der Waals surface area contributed by atoms with Crippen molar-refractivity contribution in [1.29, 1.82) is 0 Å². The summed E-state index contributed by atoms with van der Waals surface area (Å²) >= 11 is 0. The van der Waals surface area contributed by atoms with Crippen molar-refractivity contribution in [3.63, 3.8) is 0 Å². The number of hydrogen-bond donors (Lipinski definition) is 2. The summed E-state index contributed by atoms with van der Waals surface area (Å²) in [7, 11) is -8.26. The minimum atomic E-state index is -5.39. The molecule has 56 valence electrons. The normalized spacial score (nSPS) is 8.50. The van der Waals surface area contributed by atoms with Crippen LogP contribution in [0.1, 0.15) is 0 Å². The van der Waals surface area contributed by atoms with Crippen LogP contribution in [0.4, 0.5) is 0 Å². The molecule has 0 radical (unpaired) electrons. The average molecular weight is 203 g/mol. The zero-order valence-corrected chi connectivity index (χ0v) is 7.35. The summed E-state index contributed by atoms with van der Waals surface area (Å²) < 4.78 is 17.3. The monoisotopic (exact) mass is 203 g/mol. The van der Waals surface area contributed by atoms with E-state index in [0.29, 0.717) is 0 Å². The maximum absolute atomic E-state index is 8.70. The van der Waals surface area contributed by atoms with Crippen molar-refractivity contribution < 1.29 is 33.6 Å². The van der Waals surface area contributed by atoms with E-state index in [4.69, 9.17) is 33.6 Å². The second kappa shape index (κ2) is 7.77. The van der Waals surface area contributed by atoms with Crippen LogP contribution in [0.2, 0.25) is 0 Å². The molecule has 7 nitrogen and oxygen atoms in total. The van der Waals surface area contributed by atoms with Crippen LogP contribution in [0.5, 0.6) is 0 Å². The molecule has 0 aliphatic carbocycles. The second-order valence-electron chi connectivity index (χ2n) is 0.700. The smallest absolute Gasteiger partial charge is 0.822 e. The van der Waals surface area contributed by atoms with Gasteiger partial charge in [0.25, 0.3) is 0 Å². The predicted octanol–water partition coefficient (Wildman–Crippen LogP) is -3.58. The molecule has 0 aromatic carbocycles. The molecule has 10 heavy (non-hydrogen) atoms. The van der Waals surface area contributed by atoms with Crippen molar-refractivity contribution in [2.24, 2.45) is 0 Å². The number of phosphoric acid groups is 1. The SMILES string of the molecule is O=P([O-])([O-])[O-].O=[P+](O)O.[Al+3]. The Bertz CT molecular complexity index is 111. The quantitative estimate of drug-likeness (QED) is 0.305. The first-order valence-electron chi connectivity index (χ1n) is 1.31. The van der Waals surface area contributed by atoms with E-state index >= 15 is 0 Å². The molecule has 0 bridgehead atoms. The molecule has 0 saturated carbocycles. The van der Waals surface area contributed by atoms with Gasteiger partial charge in [0.15, 0.2) is 0 Å². The molecule has 0 heterocycles. The van der Waals surface area contributed by atoms with E-state index in [9.17, 15) is 0 Å². The fraction of sp³-hybridized carbons (Fsp3) is 0. The molecule has 0 atom stereocenters. The third-order valence-electron chi connectivity index (χ3n) is 0. The third kappa shape index (κ3) is 1160. The van der Waals surface area contributed by atoms with E-state index in [1.807, 2.05) is 0 Å². The Balaban J connectivity index is -0.0000000910. The molecule has 0 saturated heterocycles. The average Bonchev–Trinajstić information content (AvgIpc) is 1.19. The molecule has 0 amide bonds. The van der Waals surface area contributed by atoms with Crippen LogP contribution in [-0.4, -0.2) is 27.1 Å². The van der Waals surface area contributed by atoms with Crippen LogP contribution in [-0.2, 0) is 9.13 Å². The zero-order chi connectivity index (χ0) is 8.08. The molecule has 0 aromatic rings. The van der Waals surface area contributed by atoms with E-state index in [1.54, 1.807) is 0 Å². The molecule has 0 fully saturated rings. The maximum atomic E-state index is 8.70. The van der Waals surface area contributed by atoms with E-state index < -0.39 is 16.1 Å². The van der Waals surface area contributed by atoms with Gasteiger partial charge in [0, 0.05) is 4.57 Å². The van der Waals surface area contributed by atoms with Crippen molar-refractivity contribution in [2.75, 3.05) is 0 Å². The van der Waals surface area contributed by atoms with Gasteiger partial charge in [0.1, 0.15) is 0 Å². The molecule has 0 aliphatic rings. The van der Waals surface area contributed by atoms with Gasteiger partial charge in [-0.25, -0.2) is 0 Å². The largest absolute Gasteiger partial charge is 3.00 e. The second-order valence-corrected chi connectivity index (χ2v) is 2.10. The van der Waals surface area contributed by atoms with Gasteiger partial charge < -0.3 is 19.2 Å². The van der Waals surface area contributed by atoms with E-state index in [2.05, 4.69) is 0 Å². The van der Waals surface area contributed by atoms with Gasteiger partial charge in [-0.05, 0) is 0 Å². The fourth-order valence-electron chi connectivity index (χ4n) is 0. The maximum Gasteiger partial charge on any atom is 3.00 e. The topological polar surface area (TPSA) is 144 Å². The van der Waals surface area contributed by atoms with Crippen LogP contribution in [0, 0.1) is 0 Å². The Morgan fingerprint density at radius 2 is 1.20 bits per heavy atom. The van der Waals surface area contributed by atoms with Crippen molar-refractivity contribution >= 4 is 33.4 Å². The summed E-state index contributed by atoms with van der Waals surface area (Å²) in [6, 6.07) is 0. The van der Waals surface area contributed by atoms with E-state index in [0.717, 1.165) is 0 Å². The van der Waals surface area contributed by atoms with Crippen LogP contribution in [0.15, 0.2) is 0 Å². The zero-order valence-electron chi connectivity index (χ0n) is 4.41. The van der Waals surface area contributed by atoms with Crippen molar-refractivity contribution in [1.82, 2.24) is 0 Å². The van der Waals surface area contributed by atoms with Crippen molar-refractivity contribution in [2.45, 2.75) is 0 Å². The van der Waals surface area contributed by atoms with Gasteiger partial charge >= 0.3 is 25.6 Å². The Labute approximate surface area is 67.7 Å². The molecule has 2 N–H and O–H groups in total. The van der Waals surface area contributed by atoms with Crippen molar-refractivity contribution in [3.8, 4) is 0 Å². The Morgan fingerprint density at radius 1 is 1.20 bits per heavy atom. The summed E-state index contributed by atoms with van der Waals surface area (Å²) in [5.74, 6) is 0. The minimum Gasteiger partial charge on any atom is -0.822 e. The first-order chi connectivity index (χ1) is 3.73. The predicted molar refractivity (Wildman–Crippen MR) is 25.4 cm³/mol. The van der Waals surface area contributed by atoms with E-state index in [-0.39, 0.29) is 17.4 Å². The van der Waals surface area contributed by atoms with E-state index in [1.165, 1.54) is 0 Å². The van der Waals surface area contributed by atoms with Crippen LogP contribution in [0.25, 0.3) is 0 Å². The van der Waals surface area contributed by atoms with Gasteiger partial charge in [0.05, 0.1) is 0 Å². The third-order valence-corrected chi connectivity index (χ3v) is 0. The van der Waals surface area contributed by atoms with Gasteiger partial charge in [-0.1, -0.05) is 0 Å². The minimum absolute atomic E-state index is 0. The summed E-state index contributed by atoms with van der Waals surface area (Å²) in [4.78, 5) is 39.9. The summed E-state index contributed by atoms with van der Waals surface area (Å²) in [5, 5.41) is 0. The molecular weight excluding hydrogens is 201 g/mol. The van der Waals surface area contributed by atoms with Gasteiger partial charge in [-0.15, -0.1) is 9.79 Å². The molecule has 0 aromatic heterocycles. The Morgan fingerprint density at radius 3 is 1.20 bits per heavy atom. The molecule has 0 unspecified atom stereocenters. The molecule has 0 rings (SSSR count). The Hall–Kier alpha value is 0.662. The molecule has 10 heteroatoms. The first-order valence-corrected chi connectivity index (χ1v) is 3.94. The fourth-order valence-corrected chi connectivity index (χ4v) is 0. The summed E-state index contributed by atoms with van der Waals surface area (Å²) in [6.45, 7) is 0. The summed E-state index contributed by atoms with van der Waals surface area (Å²) in [6.07, 6.45) is 0.